The summed E-state index contributed by atoms with van der Waals surface area (Å²) in [6.45, 7) is 4.68. The first kappa shape index (κ1) is 30.0. The molecular formula is C51H36N2. The number of rotatable bonds is 4. The second-order valence-corrected chi connectivity index (χ2v) is 15.0. The van der Waals surface area contributed by atoms with Crippen LogP contribution in [0.15, 0.2) is 176 Å². The highest BCUT2D eigenvalue weighted by Gasteiger charge is 2.35. The summed E-state index contributed by atoms with van der Waals surface area (Å²) in [5.41, 5.74) is 18.7. The molecule has 250 valence electrons. The molecule has 0 unspecified atom stereocenters. The van der Waals surface area contributed by atoms with E-state index in [0.29, 0.717) is 0 Å². The SMILES string of the molecule is CC1(C)c2ccccc2-c2cc(-c3cccc(-c4cccc(-c5cccc6c5[nH]c5ccc(-n7c8ccccc8c8ccccc87)cc56)c4)c3)ccc21. The lowest BCUT2D eigenvalue weighted by molar-refractivity contribution is 0.660. The van der Waals surface area contributed by atoms with Gasteiger partial charge >= 0.3 is 0 Å². The van der Waals surface area contributed by atoms with Crippen molar-refractivity contribution in [2.24, 2.45) is 0 Å². The van der Waals surface area contributed by atoms with Crippen molar-refractivity contribution in [2.75, 3.05) is 0 Å². The number of nitrogens with one attached hydrogen (secondary N) is 1. The summed E-state index contributed by atoms with van der Waals surface area (Å²) in [6.07, 6.45) is 0. The molecule has 0 amide bonds. The molecule has 2 nitrogen and oxygen atoms in total. The van der Waals surface area contributed by atoms with E-state index < -0.39 is 0 Å². The minimum Gasteiger partial charge on any atom is -0.354 e. The maximum absolute atomic E-state index is 3.81. The van der Waals surface area contributed by atoms with Gasteiger partial charge in [0, 0.05) is 43.7 Å². The Morgan fingerprint density at radius 1 is 0.396 bits per heavy atom. The molecule has 10 aromatic rings. The molecule has 53 heavy (non-hydrogen) atoms. The van der Waals surface area contributed by atoms with Gasteiger partial charge in [0.05, 0.1) is 16.6 Å². The lowest BCUT2D eigenvalue weighted by atomic mass is 9.82. The number of hydrogen-bond acceptors (Lipinski definition) is 0. The molecule has 0 radical (unpaired) electrons. The molecule has 0 spiro atoms. The van der Waals surface area contributed by atoms with Crippen LogP contribution in [0.2, 0.25) is 0 Å². The van der Waals surface area contributed by atoms with E-state index in [9.17, 15) is 0 Å². The van der Waals surface area contributed by atoms with Crippen molar-refractivity contribution in [2.45, 2.75) is 19.3 Å². The second-order valence-electron chi connectivity index (χ2n) is 15.0. The number of para-hydroxylation sites is 3. The minimum atomic E-state index is 0.00915. The zero-order valence-corrected chi connectivity index (χ0v) is 29.7. The van der Waals surface area contributed by atoms with Crippen LogP contribution in [0.3, 0.4) is 0 Å². The summed E-state index contributed by atoms with van der Waals surface area (Å²) in [7, 11) is 0. The molecule has 2 heteroatoms. The van der Waals surface area contributed by atoms with Crippen molar-refractivity contribution in [1.29, 1.82) is 0 Å². The molecule has 0 saturated heterocycles. The highest BCUT2D eigenvalue weighted by Crippen LogP contribution is 2.49. The average Bonchev–Trinajstić information content (AvgIpc) is 3.83. The third-order valence-corrected chi connectivity index (χ3v) is 11.7. The zero-order chi connectivity index (χ0) is 35.3. The third-order valence-electron chi connectivity index (χ3n) is 11.7. The van der Waals surface area contributed by atoms with Gasteiger partial charge in [-0.25, -0.2) is 0 Å². The van der Waals surface area contributed by atoms with Gasteiger partial charge in [0.1, 0.15) is 0 Å². The van der Waals surface area contributed by atoms with Gasteiger partial charge in [-0.05, 0) is 98.6 Å². The van der Waals surface area contributed by atoms with Crippen LogP contribution in [-0.4, -0.2) is 9.55 Å². The Morgan fingerprint density at radius 2 is 0.962 bits per heavy atom. The molecular weight excluding hydrogens is 641 g/mol. The van der Waals surface area contributed by atoms with Crippen LogP contribution in [0.1, 0.15) is 25.0 Å². The molecule has 0 fully saturated rings. The van der Waals surface area contributed by atoms with E-state index in [0.717, 1.165) is 11.0 Å². The molecule has 0 bridgehead atoms. The van der Waals surface area contributed by atoms with Crippen LogP contribution in [-0.2, 0) is 5.41 Å². The molecule has 0 saturated carbocycles. The first-order valence-electron chi connectivity index (χ1n) is 18.5. The number of aromatic nitrogens is 2. The molecule has 2 heterocycles. The van der Waals surface area contributed by atoms with Gasteiger partial charge in [-0.1, -0.05) is 141 Å². The van der Waals surface area contributed by atoms with Crippen molar-refractivity contribution in [3.63, 3.8) is 0 Å². The van der Waals surface area contributed by atoms with Gasteiger partial charge in [-0.15, -0.1) is 0 Å². The van der Waals surface area contributed by atoms with Gasteiger partial charge in [-0.3, -0.25) is 0 Å². The van der Waals surface area contributed by atoms with Gasteiger partial charge in [0.15, 0.2) is 0 Å². The number of fused-ring (bicyclic) bond motifs is 9. The molecule has 1 N–H and O–H groups in total. The Kier molecular flexibility index (Phi) is 6.33. The summed E-state index contributed by atoms with van der Waals surface area (Å²) < 4.78 is 2.40. The van der Waals surface area contributed by atoms with Crippen LogP contribution in [0, 0.1) is 0 Å². The normalized spacial score (nSPS) is 13.2. The zero-order valence-electron chi connectivity index (χ0n) is 29.7. The fourth-order valence-corrected chi connectivity index (χ4v) is 9.13. The molecule has 11 rings (SSSR count). The number of hydrogen-bond donors (Lipinski definition) is 1. The van der Waals surface area contributed by atoms with Gasteiger partial charge in [0.25, 0.3) is 0 Å². The summed E-state index contributed by atoms with van der Waals surface area (Å²) in [6, 6.07) is 64.8. The minimum absolute atomic E-state index is 0.00915. The van der Waals surface area contributed by atoms with Crippen LogP contribution < -0.4 is 0 Å². The predicted molar refractivity (Wildman–Crippen MR) is 224 cm³/mol. The van der Waals surface area contributed by atoms with Crippen LogP contribution in [0.25, 0.3) is 93.8 Å². The Balaban J connectivity index is 0.987. The maximum atomic E-state index is 3.81. The van der Waals surface area contributed by atoms with Gasteiger partial charge < -0.3 is 9.55 Å². The van der Waals surface area contributed by atoms with E-state index in [1.54, 1.807) is 0 Å². The number of benzene rings is 8. The van der Waals surface area contributed by atoms with Crippen molar-refractivity contribution in [3.8, 4) is 50.2 Å². The van der Waals surface area contributed by atoms with Gasteiger partial charge in [-0.2, -0.15) is 0 Å². The topological polar surface area (TPSA) is 20.7 Å². The highest BCUT2D eigenvalue weighted by atomic mass is 15.0. The smallest absolute Gasteiger partial charge is 0.0544 e. The summed E-state index contributed by atoms with van der Waals surface area (Å²) >= 11 is 0. The Hall–Kier alpha value is -6.64. The van der Waals surface area contributed by atoms with E-state index in [4.69, 9.17) is 0 Å². The molecule has 1 aliphatic rings. The average molecular weight is 677 g/mol. The molecule has 1 aliphatic carbocycles. The van der Waals surface area contributed by atoms with Crippen LogP contribution in [0.4, 0.5) is 0 Å². The summed E-state index contributed by atoms with van der Waals surface area (Å²) in [4.78, 5) is 3.81. The lowest BCUT2D eigenvalue weighted by Gasteiger charge is -2.21. The standard InChI is InChI=1S/C51H36N2/c1-51(2)45-21-6-3-16-39(45)43-30-35(24-26-46(43)51)33-13-9-12-32(28-33)34-14-10-15-36(29-34)38-19-11-20-42-44-31-37(25-27-47(44)52-50(38)42)53-48-22-7-4-17-40(48)41-18-5-8-23-49(41)53/h3-31,52H,1-2H3. The van der Waals surface area contributed by atoms with E-state index in [1.807, 2.05) is 0 Å². The largest absolute Gasteiger partial charge is 0.354 e. The third kappa shape index (κ3) is 4.45. The van der Waals surface area contributed by atoms with Crippen molar-refractivity contribution < 1.29 is 0 Å². The number of nitrogens with zero attached hydrogens (tertiary/aromatic N) is 1. The van der Waals surface area contributed by atoms with Crippen molar-refractivity contribution in [1.82, 2.24) is 9.55 Å². The Bertz CT molecular complexity index is 3040. The molecule has 0 aliphatic heterocycles. The number of aromatic amines is 1. The quantitative estimate of drug-likeness (QED) is 0.192. The lowest BCUT2D eigenvalue weighted by Crippen LogP contribution is -2.14. The first-order valence-corrected chi connectivity index (χ1v) is 18.5. The highest BCUT2D eigenvalue weighted by molar-refractivity contribution is 6.13. The number of H-pyrrole nitrogens is 1. The summed E-state index contributed by atoms with van der Waals surface area (Å²) in [5.74, 6) is 0. The summed E-state index contributed by atoms with van der Waals surface area (Å²) in [5, 5.41) is 5.01. The van der Waals surface area contributed by atoms with Crippen molar-refractivity contribution >= 4 is 43.6 Å². The van der Waals surface area contributed by atoms with E-state index in [-0.39, 0.29) is 5.41 Å². The second kappa shape index (κ2) is 11.2. The van der Waals surface area contributed by atoms with Crippen LogP contribution >= 0.6 is 0 Å². The van der Waals surface area contributed by atoms with E-state index >= 15 is 0 Å². The van der Waals surface area contributed by atoms with Crippen LogP contribution in [0.5, 0.6) is 0 Å². The fraction of sp³-hybridized carbons (Fsp3) is 0.0588. The van der Waals surface area contributed by atoms with Gasteiger partial charge in [0.2, 0.25) is 0 Å². The monoisotopic (exact) mass is 676 g/mol. The Morgan fingerprint density at radius 3 is 1.72 bits per heavy atom. The predicted octanol–water partition coefficient (Wildman–Crippen LogP) is 13.7. The molecule has 8 aromatic carbocycles. The fourth-order valence-electron chi connectivity index (χ4n) is 9.13. The molecule has 2 aromatic heterocycles. The van der Waals surface area contributed by atoms with Crippen molar-refractivity contribution in [3.05, 3.63) is 187 Å². The maximum Gasteiger partial charge on any atom is 0.0544 e. The Labute approximate surface area is 308 Å². The van der Waals surface area contributed by atoms with E-state index in [2.05, 4.69) is 199 Å². The van der Waals surface area contributed by atoms with E-state index in [1.165, 1.54) is 93.9 Å². The molecule has 0 atom stereocenters. The first-order chi connectivity index (χ1) is 26.0.